The molecule has 0 heterocycles. The van der Waals surface area contributed by atoms with E-state index in [9.17, 15) is 0 Å². The first-order chi connectivity index (χ1) is 2.91. The minimum absolute atomic E-state index is 0. The fourth-order valence-electron chi connectivity index (χ4n) is 0.500. The maximum absolute atomic E-state index is 2.23. The molecule has 0 nitrogen and oxygen atoms in total. The van der Waals surface area contributed by atoms with Crippen molar-refractivity contribution in [1.29, 1.82) is 0 Å². The Balaban J connectivity index is 0. The molecule has 0 aliphatic carbocycles. The largest absolute Gasteiger partial charge is 1.00 e. The number of rotatable bonds is 3. The standard InChI is InChI=1S/C6H14.FH/c1-3-5-6-4-2;/h3-6H2,1-2H3;1H/p-1. The van der Waals surface area contributed by atoms with Crippen LogP contribution in [-0.4, -0.2) is 0 Å². The topological polar surface area (TPSA) is 0 Å². The first-order valence-corrected chi connectivity index (χ1v) is 2.91. The molecule has 0 amide bonds. The van der Waals surface area contributed by atoms with Crippen molar-refractivity contribution < 1.29 is 4.70 Å². The molecule has 0 aromatic rings. The van der Waals surface area contributed by atoms with Gasteiger partial charge in [-0.3, -0.25) is 0 Å². The van der Waals surface area contributed by atoms with Gasteiger partial charge in [0.1, 0.15) is 0 Å². The van der Waals surface area contributed by atoms with Gasteiger partial charge in [-0.15, -0.1) is 0 Å². The summed E-state index contributed by atoms with van der Waals surface area (Å²) in [5.74, 6) is 0. The third kappa shape index (κ3) is 10.7. The molecule has 0 atom stereocenters. The summed E-state index contributed by atoms with van der Waals surface area (Å²) >= 11 is 0. The lowest BCUT2D eigenvalue weighted by Gasteiger charge is -1.86. The molecule has 0 saturated carbocycles. The van der Waals surface area contributed by atoms with E-state index < -0.39 is 0 Å². The highest BCUT2D eigenvalue weighted by atomic mass is 19.0. The van der Waals surface area contributed by atoms with Gasteiger partial charge in [-0.1, -0.05) is 39.5 Å². The summed E-state index contributed by atoms with van der Waals surface area (Å²) in [6, 6.07) is 0. The SMILES string of the molecule is CCCCCC.[F-]. The van der Waals surface area contributed by atoms with E-state index >= 15 is 0 Å². The van der Waals surface area contributed by atoms with E-state index in [-0.39, 0.29) is 4.70 Å². The molecule has 0 saturated heterocycles. The summed E-state index contributed by atoms with van der Waals surface area (Å²) in [6.07, 6.45) is 5.54. The van der Waals surface area contributed by atoms with E-state index in [4.69, 9.17) is 0 Å². The molecule has 0 fully saturated rings. The minimum Gasteiger partial charge on any atom is -1.00 e. The van der Waals surface area contributed by atoms with Crippen LogP contribution in [0.1, 0.15) is 39.5 Å². The van der Waals surface area contributed by atoms with Crippen LogP contribution in [0.3, 0.4) is 0 Å². The zero-order valence-corrected chi connectivity index (χ0v) is 5.21. The Kier molecular flexibility index (Phi) is 13.4. The molecule has 0 radical (unpaired) electrons. The first kappa shape index (κ1) is 10.0. The Morgan fingerprint density at radius 3 is 1.29 bits per heavy atom. The van der Waals surface area contributed by atoms with E-state index in [1.807, 2.05) is 0 Å². The molecular weight excluding hydrogens is 91.1 g/mol. The van der Waals surface area contributed by atoms with Crippen LogP contribution in [0.15, 0.2) is 0 Å². The first-order valence-electron chi connectivity index (χ1n) is 2.91. The highest BCUT2D eigenvalue weighted by Gasteiger charge is 1.75. The Bertz CT molecular complexity index is 16.1. The minimum atomic E-state index is 0. The average molecular weight is 105 g/mol. The molecule has 46 valence electrons. The lowest BCUT2D eigenvalue weighted by Crippen LogP contribution is -3.00. The van der Waals surface area contributed by atoms with Crippen LogP contribution in [0, 0.1) is 0 Å². The summed E-state index contributed by atoms with van der Waals surface area (Å²) in [7, 11) is 0. The van der Waals surface area contributed by atoms with Crippen molar-refractivity contribution in [2.24, 2.45) is 0 Å². The van der Waals surface area contributed by atoms with Gasteiger partial charge in [0.2, 0.25) is 0 Å². The molecule has 0 aliphatic heterocycles. The second kappa shape index (κ2) is 9.33. The van der Waals surface area contributed by atoms with E-state index in [0.717, 1.165) is 0 Å². The van der Waals surface area contributed by atoms with E-state index in [1.165, 1.54) is 25.7 Å². The predicted molar refractivity (Wildman–Crippen MR) is 29.8 cm³/mol. The Morgan fingerprint density at radius 1 is 0.857 bits per heavy atom. The number of hydrogen-bond donors (Lipinski definition) is 0. The van der Waals surface area contributed by atoms with Crippen LogP contribution in [0.25, 0.3) is 0 Å². The summed E-state index contributed by atoms with van der Waals surface area (Å²) in [6.45, 7) is 4.46. The van der Waals surface area contributed by atoms with Crippen molar-refractivity contribution in [3.05, 3.63) is 0 Å². The number of hydrogen-bond acceptors (Lipinski definition) is 0. The van der Waals surface area contributed by atoms with Gasteiger partial charge < -0.3 is 4.70 Å². The number of halogens is 1. The highest BCUT2D eigenvalue weighted by molar-refractivity contribution is 4.31. The third-order valence-electron chi connectivity index (χ3n) is 0.957. The highest BCUT2D eigenvalue weighted by Crippen LogP contribution is 1.95. The monoisotopic (exact) mass is 105 g/mol. The molecule has 7 heavy (non-hydrogen) atoms. The van der Waals surface area contributed by atoms with Crippen molar-refractivity contribution in [3.63, 3.8) is 0 Å². The van der Waals surface area contributed by atoms with Gasteiger partial charge in [0.25, 0.3) is 0 Å². The van der Waals surface area contributed by atoms with Crippen LogP contribution in [-0.2, 0) is 0 Å². The maximum atomic E-state index is 2.23. The van der Waals surface area contributed by atoms with Gasteiger partial charge in [0, 0.05) is 0 Å². The van der Waals surface area contributed by atoms with Gasteiger partial charge in [-0.2, -0.15) is 0 Å². The normalized spacial score (nSPS) is 7.71. The lowest BCUT2D eigenvalue weighted by atomic mass is 10.2. The van der Waals surface area contributed by atoms with Crippen LogP contribution < -0.4 is 4.70 Å². The fourth-order valence-corrected chi connectivity index (χ4v) is 0.500. The van der Waals surface area contributed by atoms with Crippen molar-refractivity contribution in [2.45, 2.75) is 39.5 Å². The summed E-state index contributed by atoms with van der Waals surface area (Å²) in [4.78, 5) is 0. The maximum Gasteiger partial charge on any atom is -0.0536 e. The van der Waals surface area contributed by atoms with Gasteiger partial charge in [-0.05, 0) is 0 Å². The molecule has 0 N–H and O–H groups in total. The van der Waals surface area contributed by atoms with Crippen molar-refractivity contribution in [3.8, 4) is 0 Å². The summed E-state index contributed by atoms with van der Waals surface area (Å²) in [5.41, 5.74) is 0. The molecule has 0 aromatic heterocycles. The summed E-state index contributed by atoms with van der Waals surface area (Å²) < 4.78 is 0. The van der Waals surface area contributed by atoms with E-state index in [2.05, 4.69) is 13.8 Å². The zero-order valence-electron chi connectivity index (χ0n) is 5.21. The molecule has 0 unspecified atom stereocenters. The van der Waals surface area contributed by atoms with Crippen molar-refractivity contribution >= 4 is 0 Å². The molecular formula is C6H14F-. The zero-order chi connectivity index (χ0) is 4.83. The van der Waals surface area contributed by atoms with E-state index in [1.54, 1.807) is 0 Å². The smallest absolute Gasteiger partial charge is 0.0536 e. The Labute approximate surface area is 45.3 Å². The molecule has 0 bridgehead atoms. The van der Waals surface area contributed by atoms with Gasteiger partial charge >= 0.3 is 0 Å². The van der Waals surface area contributed by atoms with Crippen molar-refractivity contribution in [2.75, 3.05) is 0 Å². The van der Waals surface area contributed by atoms with Crippen LogP contribution in [0.4, 0.5) is 0 Å². The fraction of sp³-hybridized carbons (Fsp3) is 1.00. The van der Waals surface area contributed by atoms with Crippen LogP contribution >= 0.6 is 0 Å². The second-order valence-electron chi connectivity index (χ2n) is 1.71. The second-order valence-corrected chi connectivity index (χ2v) is 1.71. The van der Waals surface area contributed by atoms with E-state index in [0.29, 0.717) is 0 Å². The van der Waals surface area contributed by atoms with Gasteiger partial charge in [-0.25, -0.2) is 0 Å². The predicted octanol–water partition coefficient (Wildman–Crippen LogP) is -0.409. The molecule has 0 rings (SSSR count). The quantitative estimate of drug-likeness (QED) is 0.428. The molecule has 0 aromatic carbocycles. The summed E-state index contributed by atoms with van der Waals surface area (Å²) in [5, 5.41) is 0. The Morgan fingerprint density at radius 2 is 1.14 bits per heavy atom. The molecule has 0 aliphatic rings. The Hall–Kier alpha value is -0.0700. The van der Waals surface area contributed by atoms with Crippen LogP contribution in [0.2, 0.25) is 0 Å². The lowest BCUT2D eigenvalue weighted by molar-refractivity contribution is -0.00000148. The number of unbranched alkanes of at least 4 members (excludes halogenated alkanes) is 3. The van der Waals surface area contributed by atoms with Gasteiger partial charge in [0.15, 0.2) is 0 Å². The molecule has 0 spiro atoms. The van der Waals surface area contributed by atoms with Gasteiger partial charge in [0.05, 0.1) is 0 Å². The average Bonchev–Trinajstić information content (AvgIpc) is 1.61. The third-order valence-corrected chi connectivity index (χ3v) is 0.957. The van der Waals surface area contributed by atoms with Crippen molar-refractivity contribution in [1.82, 2.24) is 0 Å². The van der Waals surface area contributed by atoms with Crippen LogP contribution in [0.5, 0.6) is 0 Å². The molecule has 1 heteroatoms.